The smallest absolute Gasteiger partial charge is 0.270 e. The molecule has 1 saturated heterocycles. The molecule has 0 aliphatic carbocycles. The van der Waals surface area contributed by atoms with Crippen molar-refractivity contribution in [3.05, 3.63) is 69.8 Å². The molecule has 2 aromatic carbocycles. The summed E-state index contributed by atoms with van der Waals surface area (Å²) in [7, 11) is 1.69. The van der Waals surface area contributed by atoms with Crippen molar-refractivity contribution in [1.29, 1.82) is 0 Å². The molecular weight excluding hydrogens is 334 g/mol. The van der Waals surface area contributed by atoms with Gasteiger partial charge in [0.1, 0.15) is 0 Å². The molecule has 0 bridgehead atoms. The average Bonchev–Trinajstić information content (AvgIpc) is 2.68. The van der Waals surface area contributed by atoms with E-state index in [1.165, 1.54) is 18.2 Å². The van der Waals surface area contributed by atoms with Crippen LogP contribution in [-0.4, -0.2) is 49.1 Å². The monoisotopic (exact) mass is 355 g/mol. The SMILES string of the molecule is CN(Cc1ccc(N2CCOCC2)cc1)C(=O)c1cccc([N+](=O)[O-])c1. The van der Waals surface area contributed by atoms with Crippen LogP contribution in [0, 0.1) is 10.1 Å². The largest absolute Gasteiger partial charge is 0.378 e. The lowest BCUT2D eigenvalue weighted by Gasteiger charge is -2.29. The number of morpholine rings is 1. The molecule has 0 N–H and O–H groups in total. The van der Waals surface area contributed by atoms with Crippen LogP contribution < -0.4 is 4.90 Å². The topological polar surface area (TPSA) is 75.9 Å². The summed E-state index contributed by atoms with van der Waals surface area (Å²) in [6, 6.07) is 13.9. The van der Waals surface area contributed by atoms with E-state index in [1.54, 1.807) is 18.0 Å². The second kappa shape index (κ2) is 7.97. The number of nitrogens with zero attached hydrogens (tertiary/aromatic N) is 3. The summed E-state index contributed by atoms with van der Waals surface area (Å²) in [6.07, 6.45) is 0. The molecule has 0 saturated carbocycles. The second-order valence-electron chi connectivity index (χ2n) is 6.23. The fourth-order valence-corrected chi connectivity index (χ4v) is 2.95. The van der Waals surface area contributed by atoms with Gasteiger partial charge in [-0.2, -0.15) is 0 Å². The molecule has 0 aromatic heterocycles. The summed E-state index contributed by atoms with van der Waals surface area (Å²) in [5, 5.41) is 10.9. The molecule has 0 radical (unpaired) electrons. The first-order valence-electron chi connectivity index (χ1n) is 8.46. The third-order valence-electron chi connectivity index (χ3n) is 4.38. The standard InChI is InChI=1S/C19H21N3O4/c1-20(19(23)16-3-2-4-18(13-16)22(24)25)14-15-5-7-17(8-6-15)21-9-11-26-12-10-21/h2-8,13H,9-12,14H2,1H3. The first-order valence-corrected chi connectivity index (χ1v) is 8.46. The number of nitro benzene ring substituents is 1. The van der Waals surface area contributed by atoms with Crippen molar-refractivity contribution in [2.75, 3.05) is 38.3 Å². The molecule has 26 heavy (non-hydrogen) atoms. The van der Waals surface area contributed by atoms with Crippen LogP contribution in [0.5, 0.6) is 0 Å². The Morgan fingerprint density at radius 2 is 1.88 bits per heavy atom. The zero-order valence-electron chi connectivity index (χ0n) is 14.6. The molecule has 2 aromatic rings. The first kappa shape index (κ1) is 17.9. The van der Waals surface area contributed by atoms with Gasteiger partial charge in [-0.05, 0) is 23.8 Å². The minimum atomic E-state index is -0.499. The zero-order chi connectivity index (χ0) is 18.5. The fourth-order valence-electron chi connectivity index (χ4n) is 2.95. The Labute approximate surface area is 151 Å². The van der Waals surface area contributed by atoms with Gasteiger partial charge in [0.2, 0.25) is 0 Å². The van der Waals surface area contributed by atoms with Crippen LogP contribution in [0.2, 0.25) is 0 Å². The molecule has 1 amide bonds. The van der Waals surface area contributed by atoms with E-state index in [0.717, 1.165) is 37.6 Å². The lowest BCUT2D eigenvalue weighted by atomic mass is 10.1. The molecule has 136 valence electrons. The van der Waals surface area contributed by atoms with E-state index in [9.17, 15) is 14.9 Å². The van der Waals surface area contributed by atoms with Crippen LogP contribution in [-0.2, 0) is 11.3 Å². The maximum Gasteiger partial charge on any atom is 0.270 e. The van der Waals surface area contributed by atoms with Gasteiger partial charge < -0.3 is 14.5 Å². The van der Waals surface area contributed by atoms with Crippen molar-refractivity contribution in [2.24, 2.45) is 0 Å². The lowest BCUT2D eigenvalue weighted by molar-refractivity contribution is -0.384. The quantitative estimate of drug-likeness (QED) is 0.609. The Morgan fingerprint density at radius 1 is 1.19 bits per heavy atom. The van der Waals surface area contributed by atoms with Gasteiger partial charge in [0.05, 0.1) is 18.1 Å². The second-order valence-corrected chi connectivity index (χ2v) is 6.23. The van der Waals surface area contributed by atoms with E-state index in [0.29, 0.717) is 12.1 Å². The molecule has 1 aliphatic rings. The summed E-state index contributed by atoms with van der Waals surface area (Å²) in [5.41, 5.74) is 2.37. The fraction of sp³-hybridized carbons (Fsp3) is 0.316. The number of non-ortho nitro benzene ring substituents is 1. The molecule has 1 fully saturated rings. The van der Waals surface area contributed by atoms with Crippen LogP contribution in [0.4, 0.5) is 11.4 Å². The lowest BCUT2D eigenvalue weighted by Crippen LogP contribution is -2.36. The number of nitro groups is 1. The van der Waals surface area contributed by atoms with E-state index >= 15 is 0 Å². The van der Waals surface area contributed by atoms with Crippen molar-refractivity contribution < 1.29 is 14.5 Å². The predicted octanol–water partition coefficient (Wildman–Crippen LogP) is 2.70. The number of hydrogen-bond donors (Lipinski definition) is 0. The number of carbonyl (C=O) groups is 1. The van der Waals surface area contributed by atoms with Crippen LogP contribution in [0.25, 0.3) is 0 Å². The molecule has 0 spiro atoms. The number of hydrogen-bond acceptors (Lipinski definition) is 5. The van der Waals surface area contributed by atoms with Crippen molar-refractivity contribution in [3.8, 4) is 0 Å². The third kappa shape index (κ3) is 4.18. The minimum absolute atomic E-state index is 0.0842. The van der Waals surface area contributed by atoms with E-state index in [-0.39, 0.29) is 11.6 Å². The van der Waals surface area contributed by atoms with Crippen LogP contribution in [0.3, 0.4) is 0 Å². The predicted molar refractivity (Wildman–Crippen MR) is 98.4 cm³/mol. The Morgan fingerprint density at radius 3 is 2.54 bits per heavy atom. The van der Waals surface area contributed by atoms with Gasteiger partial charge in [-0.25, -0.2) is 0 Å². The first-order chi connectivity index (χ1) is 12.5. The van der Waals surface area contributed by atoms with Crippen molar-refractivity contribution in [1.82, 2.24) is 4.90 Å². The molecular formula is C19H21N3O4. The highest BCUT2D eigenvalue weighted by atomic mass is 16.6. The highest BCUT2D eigenvalue weighted by Gasteiger charge is 2.16. The number of carbonyl (C=O) groups excluding carboxylic acids is 1. The summed E-state index contributed by atoms with van der Waals surface area (Å²) in [5.74, 6) is -0.244. The maximum absolute atomic E-state index is 12.5. The maximum atomic E-state index is 12.5. The summed E-state index contributed by atoms with van der Waals surface area (Å²) < 4.78 is 5.36. The van der Waals surface area contributed by atoms with Gasteiger partial charge in [-0.3, -0.25) is 14.9 Å². The Hall–Kier alpha value is -2.93. The van der Waals surface area contributed by atoms with Crippen LogP contribution in [0.1, 0.15) is 15.9 Å². The van der Waals surface area contributed by atoms with Gasteiger partial charge in [-0.15, -0.1) is 0 Å². The van der Waals surface area contributed by atoms with Gasteiger partial charge in [0.25, 0.3) is 11.6 Å². The molecule has 3 rings (SSSR count). The van der Waals surface area contributed by atoms with E-state index in [1.807, 2.05) is 24.3 Å². The molecule has 1 aliphatic heterocycles. The van der Waals surface area contributed by atoms with Gasteiger partial charge >= 0.3 is 0 Å². The third-order valence-corrected chi connectivity index (χ3v) is 4.38. The normalized spacial score (nSPS) is 14.1. The van der Waals surface area contributed by atoms with Crippen LogP contribution >= 0.6 is 0 Å². The van der Waals surface area contributed by atoms with Crippen molar-refractivity contribution in [3.63, 3.8) is 0 Å². The number of benzene rings is 2. The van der Waals surface area contributed by atoms with Crippen LogP contribution in [0.15, 0.2) is 48.5 Å². The number of anilines is 1. The zero-order valence-corrected chi connectivity index (χ0v) is 14.6. The summed E-state index contributed by atoms with van der Waals surface area (Å²) in [4.78, 5) is 26.7. The Bertz CT molecular complexity index is 786. The molecule has 7 nitrogen and oxygen atoms in total. The summed E-state index contributed by atoms with van der Waals surface area (Å²) in [6.45, 7) is 3.67. The average molecular weight is 355 g/mol. The van der Waals surface area contributed by atoms with Gasteiger partial charge in [0.15, 0.2) is 0 Å². The van der Waals surface area contributed by atoms with E-state index in [2.05, 4.69) is 4.90 Å². The van der Waals surface area contributed by atoms with E-state index in [4.69, 9.17) is 4.74 Å². The highest BCUT2D eigenvalue weighted by molar-refractivity contribution is 5.94. The van der Waals surface area contributed by atoms with Gasteiger partial charge in [-0.1, -0.05) is 18.2 Å². The number of ether oxygens (including phenoxy) is 1. The molecule has 1 heterocycles. The number of amides is 1. The summed E-state index contributed by atoms with van der Waals surface area (Å²) >= 11 is 0. The van der Waals surface area contributed by atoms with Crippen molar-refractivity contribution >= 4 is 17.3 Å². The van der Waals surface area contributed by atoms with Gasteiger partial charge in [0, 0.05) is 50.1 Å². The van der Waals surface area contributed by atoms with E-state index < -0.39 is 4.92 Å². The Kier molecular flexibility index (Phi) is 5.48. The highest BCUT2D eigenvalue weighted by Crippen LogP contribution is 2.19. The Balaban J connectivity index is 1.65. The molecule has 7 heteroatoms. The number of rotatable bonds is 5. The molecule has 0 atom stereocenters. The molecule has 0 unspecified atom stereocenters. The van der Waals surface area contributed by atoms with Crippen molar-refractivity contribution in [2.45, 2.75) is 6.54 Å². The minimum Gasteiger partial charge on any atom is -0.378 e.